The molecule has 0 bridgehead atoms. The topological polar surface area (TPSA) is 36.0 Å². The minimum absolute atomic E-state index is 0.0155. The summed E-state index contributed by atoms with van der Waals surface area (Å²) in [4.78, 5) is 19.7. The van der Waals surface area contributed by atoms with E-state index in [1.165, 1.54) is 19.3 Å². The van der Waals surface area contributed by atoms with E-state index in [1.807, 2.05) is 0 Å². The summed E-state index contributed by atoms with van der Waals surface area (Å²) in [6, 6.07) is 0.565. The quantitative estimate of drug-likeness (QED) is 0.765. The molecule has 1 unspecified atom stereocenters. The highest BCUT2D eigenvalue weighted by Crippen LogP contribution is 2.39. The minimum Gasteiger partial charge on any atom is -0.370 e. The SMILES string of the molecule is CN1CCN(C2COC3(C2)CN(C(=O)C2CCCCC2)C3)CC1. The molecular formula is C18H31N3O2. The zero-order valence-corrected chi connectivity index (χ0v) is 14.5. The standard InChI is InChI=1S/C18H31N3O2/c1-19-7-9-20(10-8-19)16-11-18(23-12-16)13-21(14-18)17(22)15-5-3-2-4-6-15/h15-16H,2-14H2,1H3. The predicted molar refractivity (Wildman–Crippen MR) is 89.3 cm³/mol. The first-order valence-corrected chi connectivity index (χ1v) is 9.51. The smallest absolute Gasteiger partial charge is 0.225 e. The Morgan fingerprint density at radius 2 is 1.74 bits per heavy atom. The van der Waals surface area contributed by atoms with Gasteiger partial charge >= 0.3 is 0 Å². The molecule has 3 aliphatic heterocycles. The largest absolute Gasteiger partial charge is 0.370 e. The number of amides is 1. The molecule has 1 aliphatic carbocycles. The number of likely N-dealkylation sites (N-methyl/N-ethyl adjacent to an activating group) is 1. The lowest BCUT2D eigenvalue weighted by Gasteiger charge is -2.48. The molecule has 4 aliphatic rings. The van der Waals surface area contributed by atoms with Crippen molar-refractivity contribution in [3.05, 3.63) is 0 Å². The molecule has 5 nitrogen and oxygen atoms in total. The number of carbonyl (C=O) groups excluding carboxylic acids is 1. The van der Waals surface area contributed by atoms with Crippen LogP contribution >= 0.6 is 0 Å². The molecule has 1 spiro atoms. The second-order valence-electron chi connectivity index (χ2n) is 8.22. The van der Waals surface area contributed by atoms with Gasteiger partial charge in [0.05, 0.1) is 19.7 Å². The van der Waals surface area contributed by atoms with E-state index < -0.39 is 0 Å². The molecule has 0 aromatic rings. The van der Waals surface area contributed by atoms with Crippen molar-refractivity contribution in [3.63, 3.8) is 0 Å². The average Bonchev–Trinajstić information content (AvgIpc) is 3.00. The molecule has 3 saturated heterocycles. The summed E-state index contributed by atoms with van der Waals surface area (Å²) in [7, 11) is 2.20. The van der Waals surface area contributed by atoms with E-state index in [0.29, 0.717) is 17.9 Å². The molecule has 0 radical (unpaired) electrons. The van der Waals surface area contributed by atoms with Crippen LogP contribution in [0.25, 0.3) is 0 Å². The number of piperazine rings is 1. The van der Waals surface area contributed by atoms with Crippen molar-refractivity contribution in [2.45, 2.75) is 50.2 Å². The maximum Gasteiger partial charge on any atom is 0.225 e. The van der Waals surface area contributed by atoms with E-state index in [2.05, 4.69) is 21.7 Å². The lowest BCUT2D eigenvalue weighted by molar-refractivity contribution is -0.162. The first-order chi connectivity index (χ1) is 11.2. The molecule has 4 rings (SSSR count). The zero-order valence-electron chi connectivity index (χ0n) is 14.5. The predicted octanol–water partition coefficient (Wildman–Crippen LogP) is 1.18. The molecule has 1 amide bonds. The summed E-state index contributed by atoms with van der Waals surface area (Å²) in [5.41, 5.74) is -0.0155. The molecule has 5 heteroatoms. The van der Waals surface area contributed by atoms with Crippen LogP contribution in [0, 0.1) is 5.92 Å². The van der Waals surface area contributed by atoms with Gasteiger partial charge in [0, 0.05) is 38.1 Å². The van der Waals surface area contributed by atoms with Crippen LogP contribution in [-0.4, -0.2) is 85.2 Å². The third kappa shape index (κ3) is 3.15. The monoisotopic (exact) mass is 321 g/mol. The van der Waals surface area contributed by atoms with Crippen LogP contribution in [0.2, 0.25) is 0 Å². The van der Waals surface area contributed by atoms with Gasteiger partial charge in [-0.05, 0) is 26.3 Å². The first kappa shape index (κ1) is 15.9. The molecule has 4 fully saturated rings. The van der Waals surface area contributed by atoms with Gasteiger partial charge in [0.25, 0.3) is 0 Å². The van der Waals surface area contributed by atoms with Gasteiger partial charge in [0.15, 0.2) is 0 Å². The molecule has 0 aromatic heterocycles. The van der Waals surface area contributed by atoms with Crippen molar-refractivity contribution in [3.8, 4) is 0 Å². The molecule has 130 valence electrons. The number of rotatable bonds is 2. The zero-order chi connectivity index (χ0) is 15.9. The van der Waals surface area contributed by atoms with Crippen LogP contribution in [0.1, 0.15) is 38.5 Å². The lowest BCUT2D eigenvalue weighted by Crippen LogP contribution is -2.64. The van der Waals surface area contributed by atoms with Gasteiger partial charge in [0.1, 0.15) is 5.60 Å². The van der Waals surface area contributed by atoms with Gasteiger partial charge in [0.2, 0.25) is 5.91 Å². The Morgan fingerprint density at radius 3 is 2.43 bits per heavy atom. The van der Waals surface area contributed by atoms with Gasteiger partial charge in [-0.25, -0.2) is 0 Å². The first-order valence-electron chi connectivity index (χ1n) is 9.51. The Morgan fingerprint density at radius 1 is 1.04 bits per heavy atom. The third-order valence-electron chi connectivity index (χ3n) is 6.47. The molecule has 3 heterocycles. The lowest BCUT2D eigenvalue weighted by atomic mass is 9.84. The summed E-state index contributed by atoms with van der Waals surface area (Å²) in [5, 5.41) is 0. The highest BCUT2D eigenvalue weighted by molar-refractivity contribution is 5.80. The summed E-state index contributed by atoms with van der Waals surface area (Å²) in [5.74, 6) is 0.706. The van der Waals surface area contributed by atoms with Gasteiger partial charge in [-0.1, -0.05) is 19.3 Å². The van der Waals surface area contributed by atoms with Crippen molar-refractivity contribution in [2.24, 2.45) is 5.92 Å². The number of hydrogen-bond donors (Lipinski definition) is 0. The van der Waals surface area contributed by atoms with Crippen molar-refractivity contribution in [2.75, 3.05) is 52.9 Å². The molecule has 1 atom stereocenters. The Hall–Kier alpha value is -0.650. The van der Waals surface area contributed by atoms with Gasteiger partial charge in [-0.2, -0.15) is 0 Å². The highest BCUT2D eigenvalue weighted by atomic mass is 16.5. The second kappa shape index (κ2) is 6.34. The molecule has 0 N–H and O–H groups in total. The van der Waals surface area contributed by atoms with Crippen molar-refractivity contribution in [1.29, 1.82) is 0 Å². The fourth-order valence-electron chi connectivity index (χ4n) is 4.88. The van der Waals surface area contributed by atoms with Crippen molar-refractivity contribution >= 4 is 5.91 Å². The molecule has 23 heavy (non-hydrogen) atoms. The number of nitrogens with zero attached hydrogens (tertiary/aromatic N) is 3. The fraction of sp³-hybridized carbons (Fsp3) is 0.944. The van der Waals surface area contributed by atoms with Crippen molar-refractivity contribution < 1.29 is 9.53 Å². The summed E-state index contributed by atoms with van der Waals surface area (Å²) < 4.78 is 6.19. The normalized spacial score (nSPS) is 33.1. The molecule has 0 aromatic carbocycles. The number of likely N-dealkylation sites (tertiary alicyclic amines) is 1. The maximum absolute atomic E-state index is 12.6. The van der Waals surface area contributed by atoms with E-state index in [9.17, 15) is 4.79 Å². The van der Waals surface area contributed by atoms with Gasteiger partial charge in [-0.15, -0.1) is 0 Å². The van der Waals surface area contributed by atoms with Gasteiger partial charge < -0.3 is 14.5 Å². The Bertz CT molecular complexity index is 436. The average molecular weight is 321 g/mol. The second-order valence-corrected chi connectivity index (χ2v) is 8.22. The van der Waals surface area contributed by atoms with E-state index in [0.717, 1.165) is 65.1 Å². The number of ether oxygens (including phenoxy) is 1. The maximum atomic E-state index is 12.6. The van der Waals surface area contributed by atoms with Crippen LogP contribution in [0.5, 0.6) is 0 Å². The van der Waals surface area contributed by atoms with Crippen LogP contribution in [0.15, 0.2) is 0 Å². The van der Waals surface area contributed by atoms with E-state index in [4.69, 9.17) is 4.74 Å². The van der Waals surface area contributed by atoms with E-state index >= 15 is 0 Å². The molecular weight excluding hydrogens is 290 g/mol. The van der Waals surface area contributed by atoms with E-state index in [1.54, 1.807) is 0 Å². The number of hydrogen-bond acceptors (Lipinski definition) is 4. The highest BCUT2D eigenvalue weighted by Gasteiger charge is 2.52. The fourth-order valence-corrected chi connectivity index (χ4v) is 4.88. The Labute approximate surface area is 139 Å². The van der Waals surface area contributed by atoms with Crippen LogP contribution < -0.4 is 0 Å². The van der Waals surface area contributed by atoms with Crippen LogP contribution in [0.3, 0.4) is 0 Å². The van der Waals surface area contributed by atoms with Crippen molar-refractivity contribution in [1.82, 2.24) is 14.7 Å². The van der Waals surface area contributed by atoms with Gasteiger partial charge in [-0.3, -0.25) is 9.69 Å². The summed E-state index contributed by atoms with van der Waals surface area (Å²) in [6.45, 7) is 7.18. The Balaban J connectivity index is 1.27. The van der Waals surface area contributed by atoms with Crippen LogP contribution in [-0.2, 0) is 9.53 Å². The summed E-state index contributed by atoms with van der Waals surface area (Å²) >= 11 is 0. The molecule has 1 saturated carbocycles. The Kier molecular flexibility index (Phi) is 4.37. The van der Waals surface area contributed by atoms with Crippen LogP contribution in [0.4, 0.5) is 0 Å². The third-order valence-corrected chi connectivity index (χ3v) is 6.47. The summed E-state index contributed by atoms with van der Waals surface area (Å²) in [6.07, 6.45) is 7.10. The van der Waals surface area contributed by atoms with E-state index in [-0.39, 0.29) is 5.60 Å². The minimum atomic E-state index is -0.0155. The number of carbonyl (C=O) groups is 1.